The highest BCUT2D eigenvalue weighted by molar-refractivity contribution is 6.46. The van der Waals surface area contributed by atoms with Gasteiger partial charge in [0.25, 0.3) is 11.7 Å². The number of carbonyl (C=O) groups excluding carboxylic acids is 2. The first kappa shape index (κ1) is 30.5. The minimum Gasteiger partial charge on any atom is -0.507 e. The van der Waals surface area contributed by atoms with Gasteiger partial charge < -0.3 is 19.5 Å². The second-order valence-electron chi connectivity index (χ2n) is 12.4. The van der Waals surface area contributed by atoms with Gasteiger partial charge in [-0.25, -0.2) is 0 Å². The maximum absolute atomic E-state index is 13.6. The summed E-state index contributed by atoms with van der Waals surface area (Å²) in [5.41, 5.74) is 4.36. The van der Waals surface area contributed by atoms with Crippen molar-refractivity contribution in [3.8, 4) is 5.75 Å². The molecule has 1 N–H and O–H groups in total. The molecule has 1 atom stereocenters. The first-order chi connectivity index (χ1) is 20.6. The molecule has 2 heterocycles. The third kappa shape index (κ3) is 7.00. The molecule has 2 fully saturated rings. The molecule has 5 rings (SSSR count). The van der Waals surface area contributed by atoms with Gasteiger partial charge in [0.2, 0.25) is 0 Å². The normalized spacial score (nSPS) is 19.2. The van der Waals surface area contributed by atoms with Crippen LogP contribution < -0.4 is 4.74 Å². The Labute approximate surface area is 254 Å². The van der Waals surface area contributed by atoms with E-state index in [2.05, 4.69) is 25.7 Å². The standard InChI is InChI=1S/C36H42N2O5/c1-25-23-29(43-24-26-9-6-5-7-10-26)15-16-30(25)33(39)31-32(27-11-13-28(14-12-27)36(2,3)4)38(35(41)34(31)40)18-8-17-37-19-21-42-22-20-37/h5-7,9-16,23,32,39H,8,17-22,24H2,1-4H3/b33-31+/t32-/m1/s1. The fraction of sp³-hybridized carbons (Fsp3) is 0.389. The molecule has 1 amide bonds. The molecule has 2 saturated heterocycles. The van der Waals surface area contributed by atoms with Crippen LogP contribution in [0.3, 0.4) is 0 Å². The van der Waals surface area contributed by atoms with Crippen LogP contribution in [-0.4, -0.2) is 66.0 Å². The summed E-state index contributed by atoms with van der Waals surface area (Å²) in [6.07, 6.45) is 0.718. The number of amides is 1. The minimum absolute atomic E-state index is 0.0417. The van der Waals surface area contributed by atoms with Crippen LogP contribution in [-0.2, 0) is 26.3 Å². The smallest absolute Gasteiger partial charge is 0.295 e. The molecular formula is C36H42N2O5. The number of aryl methyl sites for hydroxylation is 1. The number of hydrogen-bond acceptors (Lipinski definition) is 6. The van der Waals surface area contributed by atoms with Gasteiger partial charge in [0.15, 0.2) is 0 Å². The summed E-state index contributed by atoms with van der Waals surface area (Å²) in [6.45, 7) is 13.1. The predicted octanol–water partition coefficient (Wildman–Crippen LogP) is 6.02. The Morgan fingerprint density at radius 3 is 2.30 bits per heavy atom. The van der Waals surface area contributed by atoms with E-state index in [-0.39, 0.29) is 16.7 Å². The third-order valence-electron chi connectivity index (χ3n) is 8.31. The molecule has 0 aliphatic carbocycles. The van der Waals surface area contributed by atoms with Crippen molar-refractivity contribution in [2.24, 2.45) is 0 Å². The number of ether oxygens (including phenoxy) is 2. The van der Waals surface area contributed by atoms with Crippen LogP contribution in [0.4, 0.5) is 0 Å². The fourth-order valence-electron chi connectivity index (χ4n) is 5.79. The molecule has 0 saturated carbocycles. The van der Waals surface area contributed by atoms with Crippen molar-refractivity contribution in [3.05, 3.63) is 106 Å². The Balaban J connectivity index is 1.45. The lowest BCUT2D eigenvalue weighted by atomic mass is 9.85. The molecule has 0 spiro atoms. The number of ketones is 1. The van der Waals surface area contributed by atoms with Crippen molar-refractivity contribution in [2.45, 2.75) is 52.2 Å². The summed E-state index contributed by atoms with van der Waals surface area (Å²) < 4.78 is 11.4. The quantitative estimate of drug-likeness (QED) is 0.189. The lowest BCUT2D eigenvalue weighted by molar-refractivity contribution is -0.140. The van der Waals surface area contributed by atoms with E-state index in [9.17, 15) is 14.7 Å². The molecule has 0 unspecified atom stereocenters. The van der Waals surface area contributed by atoms with Gasteiger partial charge in [-0.3, -0.25) is 14.5 Å². The number of aliphatic hydroxyl groups excluding tert-OH is 1. The molecule has 7 heteroatoms. The largest absolute Gasteiger partial charge is 0.507 e. The molecule has 226 valence electrons. The molecule has 3 aromatic rings. The van der Waals surface area contributed by atoms with Gasteiger partial charge >= 0.3 is 0 Å². The molecule has 2 aliphatic heterocycles. The number of likely N-dealkylation sites (tertiary alicyclic amines) is 1. The first-order valence-corrected chi connectivity index (χ1v) is 15.1. The summed E-state index contributed by atoms with van der Waals surface area (Å²) in [7, 11) is 0. The number of nitrogens with zero attached hydrogens (tertiary/aromatic N) is 2. The van der Waals surface area contributed by atoms with E-state index < -0.39 is 17.7 Å². The summed E-state index contributed by atoms with van der Waals surface area (Å²) in [4.78, 5) is 31.0. The van der Waals surface area contributed by atoms with E-state index in [0.29, 0.717) is 37.7 Å². The Morgan fingerprint density at radius 2 is 1.65 bits per heavy atom. The Kier molecular flexibility index (Phi) is 9.33. The van der Waals surface area contributed by atoms with Gasteiger partial charge in [0, 0.05) is 31.7 Å². The van der Waals surface area contributed by atoms with E-state index in [1.165, 1.54) is 0 Å². The summed E-state index contributed by atoms with van der Waals surface area (Å²) in [6, 6.07) is 22.7. The lowest BCUT2D eigenvalue weighted by Gasteiger charge is -2.29. The Hall–Kier alpha value is -3.94. The monoisotopic (exact) mass is 582 g/mol. The molecule has 2 aliphatic rings. The lowest BCUT2D eigenvalue weighted by Crippen LogP contribution is -2.39. The Bertz CT molecular complexity index is 1470. The van der Waals surface area contributed by atoms with Crippen LogP contribution in [0.5, 0.6) is 5.75 Å². The van der Waals surface area contributed by atoms with Crippen LogP contribution in [0.2, 0.25) is 0 Å². The van der Waals surface area contributed by atoms with Crippen LogP contribution >= 0.6 is 0 Å². The van der Waals surface area contributed by atoms with Crippen LogP contribution in [0.15, 0.2) is 78.4 Å². The highest BCUT2D eigenvalue weighted by Gasteiger charge is 2.46. The van der Waals surface area contributed by atoms with Gasteiger partial charge in [-0.05, 0) is 59.2 Å². The maximum atomic E-state index is 13.6. The SMILES string of the molecule is Cc1cc(OCc2ccccc2)ccc1/C(O)=C1\C(=O)C(=O)N(CCCN2CCOCC2)[C@@H]1c1ccc(C(C)(C)C)cc1. The molecule has 0 radical (unpaired) electrons. The maximum Gasteiger partial charge on any atom is 0.295 e. The number of rotatable bonds is 9. The number of benzene rings is 3. The fourth-order valence-corrected chi connectivity index (χ4v) is 5.79. The molecule has 3 aromatic carbocycles. The van der Waals surface area contributed by atoms with Crippen molar-refractivity contribution in [1.29, 1.82) is 0 Å². The summed E-state index contributed by atoms with van der Waals surface area (Å²) in [5, 5.41) is 11.7. The predicted molar refractivity (Wildman–Crippen MR) is 168 cm³/mol. The average molecular weight is 583 g/mol. The van der Waals surface area contributed by atoms with Crippen molar-refractivity contribution in [2.75, 3.05) is 39.4 Å². The van der Waals surface area contributed by atoms with Crippen molar-refractivity contribution < 1.29 is 24.2 Å². The van der Waals surface area contributed by atoms with Gasteiger partial charge in [0.05, 0.1) is 24.8 Å². The van der Waals surface area contributed by atoms with Crippen molar-refractivity contribution in [1.82, 2.24) is 9.80 Å². The van der Waals surface area contributed by atoms with E-state index in [0.717, 1.165) is 48.3 Å². The summed E-state index contributed by atoms with van der Waals surface area (Å²) >= 11 is 0. The zero-order valence-corrected chi connectivity index (χ0v) is 25.6. The highest BCUT2D eigenvalue weighted by atomic mass is 16.5. The molecular weight excluding hydrogens is 540 g/mol. The van der Waals surface area contributed by atoms with E-state index in [1.807, 2.05) is 67.6 Å². The van der Waals surface area contributed by atoms with Crippen LogP contribution in [0.25, 0.3) is 5.76 Å². The zero-order valence-electron chi connectivity index (χ0n) is 25.6. The topological polar surface area (TPSA) is 79.3 Å². The number of hydrogen-bond donors (Lipinski definition) is 1. The van der Waals surface area contributed by atoms with Crippen LogP contribution in [0.1, 0.15) is 61.1 Å². The van der Waals surface area contributed by atoms with Gasteiger partial charge in [0.1, 0.15) is 18.1 Å². The number of aliphatic hydroxyl groups is 1. The van der Waals surface area contributed by atoms with E-state index in [1.54, 1.807) is 17.0 Å². The van der Waals surface area contributed by atoms with Crippen LogP contribution in [0, 0.1) is 6.92 Å². The van der Waals surface area contributed by atoms with Gasteiger partial charge in [-0.2, -0.15) is 0 Å². The van der Waals surface area contributed by atoms with Gasteiger partial charge in [-0.1, -0.05) is 75.4 Å². The van der Waals surface area contributed by atoms with E-state index in [4.69, 9.17) is 9.47 Å². The van der Waals surface area contributed by atoms with Gasteiger partial charge in [-0.15, -0.1) is 0 Å². The second kappa shape index (κ2) is 13.1. The molecule has 0 aromatic heterocycles. The first-order valence-electron chi connectivity index (χ1n) is 15.1. The average Bonchev–Trinajstić information content (AvgIpc) is 3.25. The van der Waals surface area contributed by atoms with E-state index >= 15 is 0 Å². The molecule has 0 bridgehead atoms. The van der Waals surface area contributed by atoms with Crippen molar-refractivity contribution in [3.63, 3.8) is 0 Å². The molecule has 43 heavy (non-hydrogen) atoms. The Morgan fingerprint density at radius 1 is 0.953 bits per heavy atom. The van der Waals surface area contributed by atoms with Crippen molar-refractivity contribution >= 4 is 17.4 Å². The minimum atomic E-state index is -0.674. The molecule has 7 nitrogen and oxygen atoms in total. The number of carbonyl (C=O) groups is 2. The number of morpholine rings is 1. The summed E-state index contributed by atoms with van der Waals surface area (Å²) in [5.74, 6) is -0.728. The number of Topliss-reactive ketones (excluding diaryl/α,β-unsaturated/α-hetero) is 1. The zero-order chi connectivity index (χ0) is 30.6. The third-order valence-corrected chi connectivity index (χ3v) is 8.31. The second-order valence-corrected chi connectivity index (χ2v) is 12.4. The highest BCUT2D eigenvalue weighted by Crippen LogP contribution is 2.41.